The molecule has 1 saturated heterocycles. The van der Waals surface area contributed by atoms with E-state index in [0.717, 1.165) is 0 Å². The van der Waals surface area contributed by atoms with Gasteiger partial charge in [0.05, 0.1) is 5.92 Å². The van der Waals surface area contributed by atoms with Crippen LogP contribution in [0.4, 0.5) is 0 Å². The summed E-state index contributed by atoms with van der Waals surface area (Å²) in [4.78, 5) is 35.8. The molecule has 0 aliphatic carbocycles. The third-order valence-corrected chi connectivity index (χ3v) is 3.59. The van der Waals surface area contributed by atoms with E-state index >= 15 is 0 Å². The predicted molar refractivity (Wildman–Crippen MR) is 64.8 cm³/mol. The molecule has 102 valence electrons. The molecule has 3 unspecified atom stereocenters. The molecule has 1 rings (SSSR count). The largest absolute Gasteiger partial charge is 0.481 e. The summed E-state index contributed by atoms with van der Waals surface area (Å²) in [6.07, 6.45) is 0.433. The average molecular weight is 256 g/mol. The van der Waals surface area contributed by atoms with Crippen molar-refractivity contribution < 1.29 is 19.5 Å². The van der Waals surface area contributed by atoms with Crippen LogP contribution in [0.5, 0.6) is 0 Å². The maximum Gasteiger partial charge on any atom is 0.308 e. The maximum atomic E-state index is 11.9. The Morgan fingerprint density at radius 2 is 2.06 bits per heavy atom. The first-order valence-electron chi connectivity index (χ1n) is 6.11. The van der Waals surface area contributed by atoms with Gasteiger partial charge in [-0.3, -0.25) is 14.4 Å². The van der Waals surface area contributed by atoms with E-state index in [1.807, 2.05) is 0 Å². The van der Waals surface area contributed by atoms with E-state index < -0.39 is 11.9 Å². The smallest absolute Gasteiger partial charge is 0.308 e. The number of likely N-dealkylation sites (tertiary alicyclic amines) is 1. The molecule has 6 heteroatoms. The molecular weight excluding hydrogens is 236 g/mol. The minimum atomic E-state index is -0.882. The standard InChI is InChI=1S/C12H20N2O4/c1-7-6-10(16)14(5-4-9(15)13-3)8(2)11(7)12(17)18/h7-8,11H,4-6H2,1-3H3,(H,13,15)(H,17,18). The number of amides is 2. The van der Waals surface area contributed by atoms with Crippen LogP contribution in [0.3, 0.4) is 0 Å². The second-order valence-electron chi connectivity index (χ2n) is 4.80. The van der Waals surface area contributed by atoms with Crippen LogP contribution in [-0.4, -0.2) is 47.4 Å². The van der Waals surface area contributed by atoms with E-state index in [0.29, 0.717) is 0 Å². The predicted octanol–water partition coefficient (Wildman–Crippen LogP) is 0.0802. The van der Waals surface area contributed by atoms with Crippen LogP contribution >= 0.6 is 0 Å². The third kappa shape index (κ3) is 3.00. The van der Waals surface area contributed by atoms with Crippen molar-refractivity contribution in [3.63, 3.8) is 0 Å². The number of carbonyl (C=O) groups excluding carboxylic acids is 2. The van der Waals surface area contributed by atoms with Crippen LogP contribution in [0, 0.1) is 11.8 Å². The van der Waals surface area contributed by atoms with E-state index in [-0.39, 0.29) is 43.2 Å². The lowest BCUT2D eigenvalue weighted by atomic mass is 9.81. The van der Waals surface area contributed by atoms with Crippen LogP contribution in [0.25, 0.3) is 0 Å². The lowest BCUT2D eigenvalue weighted by Crippen LogP contribution is -2.53. The third-order valence-electron chi connectivity index (χ3n) is 3.59. The number of aliphatic carboxylic acids is 1. The topological polar surface area (TPSA) is 86.7 Å². The van der Waals surface area contributed by atoms with Gasteiger partial charge in [-0.1, -0.05) is 6.92 Å². The maximum absolute atomic E-state index is 11.9. The van der Waals surface area contributed by atoms with Crippen molar-refractivity contribution in [2.75, 3.05) is 13.6 Å². The monoisotopic (exact) mass is 256 g/mol. The summed E-state index contributed by atoms with van der Waals surface area (Å²) >= 11 is 0. The van der Waals surface area contributed by atoms with E-state index in [2.05, 4.69) is 5.32 Å². The van der Waals surface area contributed by atoms with Gasteiger partial charge in [0.1, 0.15) is 0 Å². The lowest BCUT2D eigenvalue weighted by molar-refractivity contribution is -0.154. The number of carbonyl (C=O) groups is 3. The molecule has 0 spiro atoms. The molecule has 1 aliphatic heterocycles. The van der Waals surface area contributed by atoms with Crippen LogP contribution in [0.15, 0.2) is 0 Å². The zero-order chi connectivity index (χ0) is 13.9. The van der Waals surface area contributed by atoms with Gasteiger partial charge < -0.3 is 15.3 Å². The number of piperidine rings is 1. The van der Waals surface area contributed by atoms with Gasteiger partial charge >= 0.3 is 5.97 Å². The van der Waals surface area contributed by atoms with Crippen molar-refractivity contribution in [2.24, 2.45) is 11.8 Å². The van der Waals surface area contributed by atoms with Gasteiger partial charge in [-0.25, -0.2) is 0 Å². The van der Waals surface area contributed by atoms with Crippen LogP contribution in [-0.2, 0) is 14.4 Å². The summed E-state index contributed by atoms with van der Waals surface area (Å²) in [6, 6.07) is -0.372. The van der Waals surface area contributed by atoms with E-state index in [1.165, 1.54) is 11.9 Å². The molecular formula is C12H20N2O4. The molecule has 0 aromatic carbocycles. The van der Waals surface area contributed by atoms with Crippen molar-refractivity contribution >= 4 is 17.8 Å². The summed E-state index contributed by atoms with van der Waals surface area (Å²) in [5.74, 6) is -1.84. The van der Waals surface area contributed by atoms with Gasteiger partial charge in [-0.05, 0) is 12.8 Å². The minimum absolute atomic E-state index is 0.0728. The fraction of sp³-hybridized carbons (Fsp3) is 0.750. The Hall–Kier alpha value is -1.59. The van der Waals surface area contributed by atoms with Gasteiger partial charge in [-0.15, -0.1) is 0 Å². The Morgan fingerprint density at radius 1 is 1.44 bits per heavy atom. The zero-order valence-electron chi connectivity index (χ0n) is 11.0. The van der Waals surface area contributed by atoms with Crippen LogP contribution in [0.1, 0.15) is 26.7 Å². The number of hydrogen-bond acceptors (Lipinski definition) is 3. The number of hydrogen-bond donors (Lipinski definition) is 2. The molecule has 18 heavy (non-hydrogen) atoms. The lowest BCUT2D eigenvalue weighted by Gasteiger charge is -2.40. The fourth-order valence-corrected chi connectivity index (χ4v) is 2.54. The molecule has 0 aromatic heterocycles. The van der Waals surface area contributed by atoms with Gasteiger partial charge in [-0.2, -0.15) is 0 Å². The van der Waals surface area contributed by atoms with Crippen molar-refractivity contribution in [2.45, 2.75) is 32.7 Å². The first-order chi connectivity index (χ1) is 8.38. The summed E-state index contributed by atoms with van der Waals surface area (Å²) in [5.41, 5.74) is 0. The molecule has 0 radical (unpaired) electrons. The highest BCUT2D eigenvalue weighted by molar-refractivity contribution is 5.82. The van der Waals surface area contributed by atoms with Crippen molar-refractivity contribution in [3.05, 3.63) is 0 Å². The molecule has 2 N–H and O–H groups in total. The number of carboxylic acid groups (broad SMARTS) is 1. The van der Waals surface area contributed by atoms with E-state index in [4.69, 9.17) is 0 Å². The average Bonchev–Trinajstić information content (AvgIpc) is 2.27. The highest BCUT2D eigenvalue weighted by Crippen LogP contribution is 2.30. The molecule has 1 aliphatic rings. The zero-order valence-corrected chi connectivity index (χ0v) is 11.0. The summed E-state index contributed by atoms with van der Waals surface area (Å²) < 4.78 is 0. The summed E-state index contributed by atoms with van der Waals surface area (Å²) in [6.45, 7) is 3.79. The number of nitrogens with one attached hydrogen (secondary N) is 1. The molecule has 1 heterocycles. The Labute approximate surface area is 106 Å². The molecule has 0 aromatic rings. The second kappa shape index (κ2) is 5.84. The number of nitrogens with zero attached hydrogens (tertiary/aromatic N) is 1. The molecule has 0 bridgehead atoms. The first-order valence-corrected chi connectivity index (χ1v) is 6.11. The highest BCUT2D eigenvalue weighted by Gasteiger charge is 2.41. The van der Waals surface area contributed by atoms with Gasteiger partial charge in [0.2, 0.25) is 11.8 Å². The molecule has 6 nitrogen and oxygen atoms in total. The quantitative estimate of drug-likeness (QED) is 0.745. The van der Waals surface area contributed by atoms with Crippen molar-refractivity contribution in [1.29, 1.82) is 0 Å². The van der Waals surface area contributed by atoms with E-state index in [1.54, 1.807) is 13.8 Å². The highest BCUT2D eigenvalue weighted by atomic mass is 16.4. The van der Waals surface area contributed by atoms with E-state index in [9.17, 15) is 19.5 Å². The van der Waals surface area contributed by atoms with Crippen molar-refractivity contribution in [1.82, 2.24) is 10.2 Å². The Kier molecular flexibility index (Phi) is 4.69. The normalized spacial score (nSPS) is 28.1. The van der Waals surface area contributed by atoms with Crippen LogP contribution in [0.2, 0.25) is 0 Å². The SMILES string of the molecule is CNC(=O)CCN1C(=O)CC(C)C(C(=O)O)C1C. The molecule has 2 amide bonds. The Morgan fingerprint density at radius 3 is 2.56 bits per heavy atom. The van der Waals surface area contributed by atoms with Crippen molar-refractivity contribution in [3.8, 4) is 0 Å². The number of rotatable bonds is 4. The number of carboxylic acids is 1. The van der Waals surface area contributed by atoms with Gasteiger partial charge in [0, 0.05) is 32.5 Å². The summed E-state index contributed by atoms with van der Waals surface area (Å²) in [7, 11) is 1.53. The molecule has 0 saturated carbocycles. The Balaban J connectivity index is 2.74. The minimum Gasteiger partial charge on any atom is -0.481 e. The van der Waals surface area contributed by atoms with Gasteiger partial charge in [0.25, 0.3) is 0 Å². The second-order valence-corrected chi connectivity index (χ2v) is 4.80. The molecule has 3 atom stereocenters. The fourth-order valence-electron chi connectivity index (χ4n) is 2.54. The van der Waals surface area contributed by atoms with Crippen LogP contribution < -0.4 is 5.32 Å². The van der Waals surface area contributed by atoms with Gasteiger partial charge in [0.15, 0.2) is 0 Å². The molecule has 1 fully saturated rings. The first kappa shape index (κ1) is 14.5. The Bertz CT molecular complexity index is 356. The summed E-state index contributed by atoms with van der Waals surface area (Å²) in [5, 5.41) is 11.7.